The summed E-state index contributed by atoms with van der Waals surface area (Å²) in [4.78, 5) is 3.79. The first-order valence-corrected chi connectivity index (χ1v) is 8.03. The first-order chi connectivity index (χ1) is 9.68. The summed E-state index contributed by atoms with van der Waals surface area (Å²) in [5.41, 5.74) is 5.37. The summed E-state index contributed by atoms with van der Waals surface area (Å²) in [6, 6.07) is 4.66. The second-order valence-electron chi connectivity index (χ2n) is 4.02. The first-order valence-electron chi connectivity index (χ1n) is 5.42. The summed E-state index contributed by atoms with van der Waals surface area (Å²) in [6.45, 7) is 0. The van der Waals surface area contributed by atoms with Crippen LogP contribution in [-0.2, 0) is 10.0 Å². The largest absolute Gasteiger partial charge is 0.380 e. The van der Waals surface area contributed by atoms with Crippen LogP contribution in [0.5, 0.6) is 0 Å². The average molecular weight is 349 g/mol. The number of halogens is 2. The van der Waals surface area contributed by atoms with Crippen molar-refractivity contribution < 1.29 is 8.42 Å². The van der Waals surface area contributed by atoms with Crippen LogP contribution in [0.4, 0.5) is 17.5 Å². The highest BCUT2D eigenvalue weighted by molar-refractivity contribution is 7.89. The zero-order valence-corrected chi connectivity index (χ0v) is 13.0. The molecule has 1 heterocycles. The minimum Gasteiger partial charge on any atom is -0.380 e. The van der Waals surface area contributed by atoms with Crippen molar-refractivity contribution in [3.63, 3.8) is 0 Å². The van der Waals surface area contributed by atoms with E-state index in [0.717, 1.165) is 6.26 Å². The molecule has 0 radical (unpaired) electrons. The third-order valence-electron chi connectivity index (χ3n) is 2.33. The molecule has 0 aliphatic carbocycles. The van der Waals surface area contributed by atoms with Gasteiger partial charge in [-0.3, -0.25) is 5.41 Å². The van der Waals surface area contributed by atoms with Crippen LogP contribution in [0.15, 0.2) is 18.2 Å². The van der Waals surface area contributed by atoms with Crippen molar-refractivity contribution in [1.82, 2.24) is 14.2 Å². The van der Waals surface area contributed by atoms with Crippen molar-refractivity contribution in [2.24, 2.45) is 0 Å². The lowest BCUT2D eigenvalue weighted by molar-refractivity contribution is 0.579. The first kappa shape index (κ1) is 15.5. The quantitative estimate of drug-likeness (QED) is 0.764. The number of aromatic nitrogens is 3. The van der Waals surface area contributed by atoms with Crippen LogP contribution in [0, 0.1) is 5.41 Å². The van der Waals surface area contributed by atoms with Gasteiger partial charge in [-0.2, -0.15) is 4.98 Å². The lowest BCUT2D eigenvalue weighted by atomic mass is 10.3. The molecule has 4 N–H and O–H groups in total. The Labute approximate surface area is 130 Å². The fraction of sp³-hybridized carbons (Fsp3) is 0.100. The summed E-state index contributed by atoms with van der Waals surface area (Å²) in [5, 5.41) is 14.7. The van der Waals surface area contributed by atoms with Gasteiger partial charge in [0.15, 0.2) is 5.82 Å². The summed E-state index contributed by atoms with van der Waals surface area (Å²) >= 11 is 11.8. The number of anilines is 3. The molecule has 0 spiro atoms. The minimum atomic E-state index is -3.79. The molecule has 0 fully saturated rings. The summed E-state index contributed by atoms with van der Waals surface area (Å²) in [7, 11) is -3.79. The molecule has 0 aliphatic rings. The maximum atomic E-state index is 11.6. The van der Waals surface area contributed by atoms with Crippen molar-refractivity contribution in [3.05, 3.63) is 33.7 Å². The fourth-order valence-corrected chi connectivity index (χ4v) is 2.42. The van der Waals surface area contributed by atoms with Gasteiger partial charge in [-0.1, -0.05) is 23.2 Å². The Bertz CT molecular complexity index is 864. The number of benzene rings is 1. The SMILES string of the molecule is CS(=O)(=O)n1nc(Nc2cc(Cl)ccc2Cl)nc(N)c1=N. The van der Waals surface area contributed by atoms with E-state index in [1.807, 2.05) is 0 Å². The lowest BCUT2D eigenvalue weighted by Crippen LogP contribution is -2.32. The van der Waals surface area contributed by atoms with E-state index >= 15 is 0 Å². The molecule has 0 bridgehead atoms. The van der Waals surface area contributed by atoms with Crippen molar-refractivity contribution in [2.75, 3.05) is 17.3 Å². The smallest absolute Gasteiger partial charge is 0.253 e. The van der Waals surface area contributed by atoms with Gasteiger partial charge in [-0.05, 0) is 18.2 Å². The third kappa shape index (κ3) is 3.43. The van der Waals surface area contributed by atoms with E-state index in [1.165, 1.54) is 6.07 Å². The van der Waals surface area contributed by atoms with Crippen LogP contribution in [-0.4, -0.2) is 28.8 Å². The normalized spacial score (nSPS) is 11.4. The minimum absolute atomic E-state index is 0.127. The van der Waals surface area contributed by atoms with Crippen LogP contribution in [0.3, 0.4) is 0 Å². The van der Waals surface area contributed by atoms with E-state index in [2.05, 4.69) is 15.4 Å². The molecule has 2 rings (SSSR count). The van der Waals surface area contributed by atoms with Gasteiger partial charge in [0.1, 0.15) is 0 Å². The highest BCUT2D eigenvalue weighted by Gasteiger charge is 2.14. The van der Waals surface area contributed by atoms with Gasteiger partial charge < -0.3 is 11.1 Å². The molecule has 112 valence electrons. The Morgan fingerprint density at radius 2 is 2.05 bits per heavy atom. The second-order valence-corrected chi connectivity index (χ2v) is 6.68. The Morgan fingerprint density at radius 3 is 2.67 bits per heavy atom. The molecule has 11 heteroatoms. The molecule has 0 unspecified atom stereocenters. The zero-order chi connectivity index (χ0) is 15.8. The monoisotopic (exact) mass is 348 g/mol. The predicted molar refractivity (Wildman–Crippen MR) is 80.3 cm³/mol. The average Bonchev–Trinajstić information content (AvgIpc) is 2.36. The number of hydrogen-bond donors (Lipinski definition) is 3. The van der Waals surface area contributed by atoms with Crippen LogP contribution in [0.2, 0.25) is 10.0 Å². The molecule has 8 nitrogen and oxygen atoms in total. The van der Waals surface area contributed by atoms with E-state index in [1.54, 1.807) is 12.1 Å². The maximum Gasteiger partial charge on any atom is 0.253 e. The maximum absolute atomic E-state index is 11.6. The highest BCUT2D eigenvalue weighted by Crippen LogP contribution is 2.27. The van der Waals surface area contributed by atoms with Crippen LogP contribution in [0.25, 0.3) is 0 Å². The molecule has 0 saturated carbocycles. The summed E-state index contributed by atoms with van der Waals surface area (Å²) in [6.07, 6.45) is 0.896. The van der Waals surface area contributed by atoms with Gasteiger partial charge in [0.25, 0.3) is 10.0 Å². The predicted octanol–water partition coefficient (Wildman–Crippen LogP) is 1.20. The van der Waals surface area contributed by atoms with Crippen molar-refractivity contribution in [2.45, 2.75) is 0 Å². The molecule has 2 aromatic rings. The number of nitrogens with zero attached hydrogens (tertiary/aromatic N) is 3. The van der Waals surface area contributed by atoms with E-state index in [4.69, 9.17) is 34.3 Å². The zero-order valence-electron chi connectivity index (χ0n) is 10.6. The van der Waals surface area contributed by atoms with Gasteiger partial charge in [0.05, 0.1) is 17.0 Å². The number of nitrogens with one attached hydrogen (secondary N) is 2. The Hall–Kier alpha value is -1.84. The molecule has 1 aromatic carbocycles. The third-order valence-corrected chi connectivity index (χ3v) is 3.79. The molecule has 21 heavy (non-hydrogen) atoms. The second kappa shape index (κ2) is 5.51. The molecule has 0 atom stereocenters. The molecule has 1 aromatic heterocycles. The van der Waals surface area contributed by atoms with Crippen LogP contribution in [0.1, 0.15) is 0 Å². The topological polar surface area (TPSA) is 127 Å². The molecule has 0 amide bonds. The standard InChI is InChI=1S/C10H10Cl2N6O2S/c1-21(19,20)18-9(14)8(13)16-10(17-18)15-7-4-5(11)2-3-6(7)12/h2-4,14H,1H3,(H3,13,15,16,17). The van der Waals surface area contributed by atoms with Crippen LogP contribution >= 0.6 is 23.2 Å². The Kier molecular flexibility index (Phi) is 4.08. The van der Waals surface area contributed by atoms with Crippen molar-refractivity contribution in [1.29, 1.82) is 5.41 Å². The van der Waals surface area contributed by atoms with Gasteiger partial charge in [-0.25, -0.2) is 8.42 Å². The number of hydrogen-bond acceptors (Lipinski definition) is 7. The number of rotatable bonds is 3. The summed E-state index contributed by atoms with van der Waals surface area (Å²) in [5.74, 6) is -0.422. The molecular formula is C10H10Cl2N6O2S. The highest BCUT2D eigenvalue weighted by atomic mass is 35.5. The van der Waals surface area contributed by atoms with Crippen molar-refractivity contribution >= 4 is 50.7 Å². The molecule has 0 aliphatic heterocycles. The Balaban J connectivity index is 2.54. The molecule has 0 saturated heterocycles. The van der Waals surface area contributed by atoms with E-state index in [-0.39, 0.29) is 11.8 Å². The fourth-order valence-electron chi connectivity index (χ4n) is 1.43. The number of nitrogens with two attached hydrogens (primary N) is 1. The number of nitrogen functional groups attached to an aromatic ring is 1. The van der Waals surface area contributed by atoms with Gasteiger partial charge in [0, 0.05) is 5.02 Å². The Morgan fingerprint density at radius 1 is 1.38 bits per heavy atom. The van der Waals surface area contributed by atoms with E-state index in [9.17, 15) is 8.42 Å². The van der Waals surface area contributed by atoms with Crippen molar-refractivity contribution in [3.8, 4) is 0 Å². The van der Waals surface area contributed by atoms with Gasteiger partial charge >= 0.3 is 0 Å². The van der Waals surface area contributed by atoms with Gasteiger partial charge in [-0.15, -0.1) is 9.19 Å². The summed E-state index contributed by atoms with van der Waals surface area (Å²) < 4.78 is 23.6. The van der Waals surface area contributed by atoms with E-state index in [0.29, 0.717) is 19.8 Å². The van der Waals surface area contributed by atoms with Gasteiger partial charge in [0.2, 0.25) is 11.4 Å². The van der Waals surface area contributed by atoms with E-state index < -0.39 is 15.5 Å². The lowest BCUT2D eigenvalue weighted by Gasteiger charge is -2.10. The van der Waals surface area contributed by atoms with Crippen LogP contribution < -0.4 is 16.5 Å². The molecular weight excluding hydrogens is 339 g/mol.